The summed E-state index contributed by atoms with van der Waals surface area (Å²) >= 11 is 0. The van der Waals surface area contributed by atoms with Crippen LogP contribution in [0.5, 0.6) is 0 Å². The molecule has 2 rings (SSSR count). The second-order valence-corrected chi connectivity index (χ2v) is 8.95. The Morgan fingerprint density at radius 3 is 2.48 bits per heavy atom. The highest BCUT2D eigenvalue weighted by Gasteiger charge is 2.25. The minimum Gasteiger partial charge on any atom is -0.444 e. The number of halogens is 1. The second-order valence-electron chi connectivity index (χ2n) is 8.95. The molecule has 0 spiro atoms. The summed E-state index contributed by atoms with van der Waals surface area (Å²) in [4.78, 5) is 18.5. The van der Waals surface area contributed by atoms with Crippen molar-refractivity contribution < 1.29 is 9.53 Å². The van der Waals surface area contributed by atoms with Gasteiger partial charge in [-0.3, -0.25) is 9.89 Å². The highest BCUT2D eigenvalue weighted by atomic mass is 127. The van der Waals surface area contributed by atoms with Crippen molar-refractivity contribution in [3.05, 3.63) is 35.9 Å². The SMILES string of the molecule is CN=C(NCCCNC(=O)OC(C)(C)C)NC1CCN(Cc2ccccc2)C(C)C1.I. The monoisotopic (exact) mass is 545 g/mol. The van der Waals surface area contributed by atoms with Gasteiger partial charge in [-0.15, -0.1) is 24.0 Å². The van der Waals surface area contributed by atoms with Gasteiger partial charge in [0.1, 0.15) is 5.60 Å². The van der Waals surface area contributed by atoms with Gasteiger partial charge in [-0.1, -0.05) is 30.3 Å². The summed E-state index contributed by atoms with van der Waals surface area (Å²) in [5, 5.41) is 9.67. The molecule has 0 radical (unpaired) electrons. The molecule has 1 aromatic carbocycles. The Hall–Kier alpha value is -1.55. The van der Waals surface area contributed by atoms with E-state index in [9.17, 15) is 4.79 Å². The number of hydrogen-bond acceptors (Lipinski definition) is 4. The number of carbonyl (C=O) groups is 1. The normalized spacial score (nSPS) is 19.8. The van der Waals surface area contributed by atoms with Gasteiger partial charge in [-0.2, -0.15) is 0 Å². The summed E-state index contributed by atoms with van der Waals surface area (Å²) in [6.45, 7) is 11.3. The lowest BCUT2D eigenvalue weighted by Crippen LogP contribution is -2.51. The number of amides is 1. The van der Waals surface area contributed by atoms with Crippen molar-refractivity contribution in [2.45, 2.75) is 71.2 Å². The first-order chi connectivity index (χ1) is 14.3. The number of ether oxygens (including phenoxy) is 1. The predicted octanol–water partition coefficient (Wildman–Crippen LogP) is 3.74. The molecule has 0 bridgehead atoms. The van der Waals surface area contributed by atoms with E-state index >= 15 is 0 Å². The maximum atomic E-state index is 11.7. The van der Waals surface area contributed by atoms with E-state index < -0.39 is 5.60 Å². The van der Waals surface area contributed by atoms with E-state index in [0.29, 0.717) is 18.6 Å². The van der Waals surface area contributed by atoms with Crippen LogP contribution in [-0.4, -0.2) is 61.3 Å². The summed E-state index contributed by atoms with van der Waals surface area (Å²) in [6, 6.07) is 11.6. The van der Waals surface area contributed by atoms with Gasteiger partial charge in [-0.05, 0) is 52.5 Å². The first kappa shape index (κ1) is 27.5. The first-order valence-corrected chi connectivity index (χ1v) is 11.0. The van der Waals surface area contributed by atoms with Crippen molar-refractivity contribution in [2.24, 2.45) is 4.99 Å². The van der Waals surface area contributed by atoms with Gasteiger partial charge in [0.25, 0.3) is 0 Å². The quantitative estimate of drug-likeness (QED) is 0.211. The van der Waals surface area contributed by atoms with Crippen molar-refractivity contribution in [2.75, 3.05) is 26.7 Å². The number of piperidine rings is 1. The van der Waals surface area contributed by atoms with E-state index in [-0.39, 0.29) is 30.1 Å². The summed E-state index contributed by atoms with van der Waals surface area (Å²) in [5.74, 6) is 0.820. The number of nitrogens with zero attached hydrogens (tertiary/aromatic N) is 2. The molecule has 0 aliphatic carbocycles. The lowest BCUT2D eigenvalue weighted by molar-refractivity contribution is 0.0527. The molecular formula is C23H40IN5O2. The second kappa shape index (κ2) is 13.8. The zero-order valence-corrected chi connectivity index (χ0v) is 21.9. The van der Waals surface area contributed by atoms with Crippen LogP contribution in [0.1, 0.15) is 52.5 Å². The van der Waals surface area contributed by atoms with E-state index in [4.69, 9.17) is 4.74 Å². The van der Waals surface area contributed by atoms with Crippen molar-refractivity contribution in [1.82, 2.24) is 20.9 Å². The van der Waals surface area contributed by atoms with Gasteiger partial charge < -0.3 is 20.7 Å². The average molecular weight is 546 g/mol. The number of aliphatic imine (C=N–C) groups is 1. The van der Waals surface area contributed by atoms with Crippen LogP contribution in [0.25, 0.3) is 0 Å². The number of benzene rings is 1. The number of alkyl carbamates (subject to hydrolysis) is 1. The molecule has 7 nitrogen and oxygen atoms in total. The minimum atomic E-state index is -0.470. The Kier molecular flexibility index (Phi) is 12.2. The zero-order chi connectivity index (χ0) is 22.0. The molecular weight excluding hydrogens is 505 g/mol. The molecule has 1 aliphatic rings. The van der Waals surface area contributed by atoms with Crippen molar-refractivity contribution >= 4 is 36.0 Å². The summed E-state index contributed by atoms with van der Waals surface area (Å²) in [7, 11) is 1.79. The third-order valence-electron chi connectivity index (χ3n) is 5.12. The maximum Gasteiger partial charge on any atom is 0.407 e. The smallest absolute Gasteiger partial charge is 0.407 e. The van der Waals surface area contributed by atoms with Crippen LogP contribution in [0.3, 0.4) is 0 Å². The number of rotatable bonds is 7. The standard InChI is InChI=1S/C23H39N5O2.HI/c1-18-16-20(12-15-28(18)17-19-10-7-6-8-11-19)27-21(24-5)25-13-9-14-26-22(29)30-23(2,3)4;/h6-8,10-11,18,20H,9,12-17H2,1-5H3,(H,26,29)(H2,24,25,27);1H. The summed E-state index contributed by atoms with van der Waals surface area (Å²) in [6.07, 6.45) is 2.61. The first-order valence-electron chi connectivity index (χ1n) is 11.0. The van der Waals surface area contributed by atoms with Crippen LogP contribution in [-0.2, 0) is 11.3 Å². The number of guanidine groups is 1. The topological polar surface area (TPSA) is 78.0 Å². The Bertz CT molecular complexity index is 678. The zero-order valence-electron chi connectivity index (χ0n) is 19.6. The molecule has 1 fully saturated rings. The molecule has 0 aromatic heterocycles. The highest BCUT2D eigenvalue weighted by Crippen LogP contribution is 2.19. The fraction of sp³-hybridized carbons (Fsp3) is 0.652. The molecule has 2 unspecified atom stereocenters. The van der Waals surface area contributed by atoms with Crippen LogP contribution in [0.15, 0.2) is 35.3 Å². The van der Waals surface area contributed by atoms with Crippen LogP contribution in [0.4, 0.5) is 4.79 Å². The van der Waals surface area contributed by atoms with E-state index in [1.54, 1.807) is 7.05 Å². The molecule has 2 atom stereocenters. The van der Waals surface area contributed by atoms with E-state index in [0.717, 1.165) is 44.9 Å². The largest absolute Gasteiger partial charge is 0.444 e. The van der Waals surface area contributed by atoms with Gasteiger partial charge in [-0.25, -0.2) is 4.79 Å². The van der Waals surface area contributed by atoms with Crippen molar-refractivity contribution in [1.29, 1.82) is 0 Å². The van der Waals surface area contributed by atoms with Crippen molar-refractivity contribution in [3.8, 4) is 0 Å². The molecule has 31 heavy (non-hydrogen) atoms. The number of likely N-dealkylation sites (tertiary alicyclic amines) is 1. The fourth-order valence-corrected chi connectivity index (χ4v) is 3.59. The predicted molar refractivity (Wildman–Crippen MR) is 138 cm³/mol. The third kappa shape index (κ3) is 11.0. The van der Waals surface area contributed by atoms with Crippen LogP contribution in [0.2, 0.25) is 0 Å². The molecule has 176 valence electrons. The molecule has 1 saturated heterocycles. The van der Waals surface area contributed by atoms with E-state index in [1.807, 2.05) is 20.8 Å². The van der Waals surface area contributed by atoms with E-state index in [2.05, 4.69) is 63.1 Å². The Morgan fingerprint density at radius 1 is 1.19 bits per heavy atom. The number of hydrogen-bond donors (Lipinski definition) is 3. The molecule has 1 heterocycles. The third-order valence-corrected chi connectivity index (χ3v) is 5.12. The van der Waals surface area contributed by atoms with Gasteiger partial charge in [0, 0.05) is 45.3 Å². The summed E-state index contributed by atoms with van der Waals surface area (Å²) in [5.41, 5.74) is 0.899. The van der Waals surface area contributed by atoms with Gasteiger partial charge in [0.05, 0.1) is 0 Å². The van der Waals surface area contributed by atoms with Crippen LogP contribution >= 0.6 is 24.0 Å². The Morgan fingerprint density at radius 2 is 1.87 bits per heavy atom. The van der Waals surface area contributed by atoms with Crippen molar-refractivity contribution in [3.63, 3.8) is 0 Å². The lowest BCUT2D eigenvalue weighted by atomic mass is 9.97. The van der Waals surface area contributed by atoms with Gasteiger partial charge in [0.15, 0.2) is 5.96 Å². The number of carbonyl (C=O) groups excluding carboxylic acids is 1. The Balaban J connectivity index is 0.00000480. The molecule has 1 amide bonds. The molecule has 8 heteroatoms. The highest BCUT2D eigenvalue weighted by molar-refractivity contribution is 14.0. The fourth-order valence-electron chi connectivity index (χ4n) is 3.59. The van der Waals surface area contributed by atoms with Crippen LogP contribution < -0.4 is 16.0 Å². The molecule has 3 N–H and O–H groups in total. The average Bonchev–Trinajstić information content (AvgIpc) is 2.68. The molecule has 0 saturated carbocycles. The summed E-state index contributed by atoms with van der Waals surface area (Å²) < 4.78 is 5.23. The Labute approximate surface area is 204 Å². The minimum absolute atomic E-state index is 0. The lowest BCUT2D eigenvalue weighted by Gasteiger charge is -2.38. The van der Waals surface area contributed by atoms with Crippen LogP contribution in [0, 0.1) is 0 Å². The van der Waals surface area contributed by atoms with E-state index in [1.165, 1.54) is 5.56 Å². The van der Waals surface area contributed by atoms with Gasteiger partial charge >= 0.3 is 6.09 Å². The van der Waals surface area contributed by atoms with Gasteiger partial charge in [0.2, 0.25) is 0 Å². The molecule has 1 aliphatic heterocycles. The number of nitrogens with one attached hydrogen (secondary N) is 3. The molecule has 1 aromatic rings. The maximum absolute atomic E-state index is 11.7.